The van der Waals surface area contributed by atoms with Gasteiger partial charge in [0.25, 0.3) is 17.7 Å². The first kappa shape index (κ1) is 13.3. The van der Waals surface area contributed by atoms with E-state index in [1.54, 1.807) is 13.8 Å². The standard InChI is InChI=1S/C14H11FN2O4/c1-6-7(2)14(20)17(13(6)19)8-3-4-10-9(5-8)16-12(18)11(15)21-10/h3-5,11H,1-2H3,(H,16,18). The maximum absolute atomic E-state index is 13.1. The highest BCUT2D eigenvalue weighted by Crippen LogP contribution is 2.36. The molecule has 1 atom stereocenters. The summed E-state index contributed by atoms with van der Waals surface area (Å²) in [7, 11) is 0. The minimum absolute atomic E-state index is 0.145. The zero-order valence-electron chi connectivity index (χ0n) is 11.3. The minimum atomic E-state index is -2.07. The molecule has 0 radical (unpaired) electrons. The molecule has 1 unspecified atom stereocenters. The second-order valence-corrected chi connectivity index (χ2v) is 4.80. The first-order valence-electron chi connectivity index (χ1n) is 6.22. The Balaban J connectivity index is 2.00. The lowest BCUT2D eigenvalue weighted by Crippen LogP contribution is -2.34. The Bertz CT molecular complexity index is 702. The molecule has 6 nitrogen and oxygen atoms in total. The fourth-order valence-corrected chi connectivity index (χ4v) is 2.19. The van der Waals surface area contributed by atoms with Gasteiger partial charge in [-0.3, -0.25) is 14.4 Å². The number of anilines is 2. The van der Waals surface area contributed by atoms with Crippen LogP contribution in [0.4, 0.5) is 15.8 Å². The van der Waals surface area contributed by atoms with Crippen LogP contribution in [-0.4, -0.2) is 24.1 Å². The van der Waals surface area contributed by atoms with Gasteiger partial charge in [-0.15, -0.1) is 0 Å². The second-order valence-electron chi connectivity index (χ2n) is 4.80. The van der Waals surface area contributed by atoms with Crippen molar-refractivity contribution >= 4 is 29.1 Å². The molecule has 1 N–H and O–H groups in total. The number of nitrogens with zero attached hydrogens (tertiary/aromatic N) is 1. The summed E-state index contributed by atoms with van der Waals surface area (Å²) in [4.78, 5) is 36.4. The first-order valence-corrected chi connectivity index (χ1v) is 6.22. The van der Waals surface area contributed by atoms with Crippen molar-refractivity contribution in [2.24, 2.45) is 0 Å². The lowest BCUT2D eigenvalue weighted by Gasteiger charge is -2.23. The molecular weight excluding hydrogens is 279 g/mol. The number of carbonyl (C=O) groups excluding carboxylic acids is 3. The molecule has 7 heteroatoms. The predicted octanol–water partition coefficient (Wildman–Crippen LogP) is 1.52. The van der Waals surface area contributed by atoms with E-state index < -0.39 is 24.1 Å². The maximum atomic E-state index is 13.1. The summed E-state index contributed by atoms with van der Waals surface area (Å²) in [5.74, 6) is -1.61. The minimum Gasteiger partial charge on any atom is -0.450 e. The van der Waals surface area contributed by atoms with Crippen molar-refractivity contribution < 1.29 is 23.5 Å². The number of hydrogen-bond acceptors (Lipinski definition) is 4. The normalized spacial score (nSPS) is 21.4. The molecule has 3 amide bonds. The molecule has 0 spiro atoms. The monoisotopic (exact) mass is 290 g/mol. The molecule has 0 saturated heterocycles. The molecule has 2 heterocycles. The molecule has 0 bridgehead atoms. The third-order valence-electron chi connectivity index (χ3n) is 3.53. The molecule has 0 saturated carbocycles. The number of benzene rings is 1. The quantitative estimate of drug-likeness (QED) is 0.796. The fourth-order valence-electron chi connectivity index (χ4n) is 2.19. The van der Waals surface area contributed by atoms with E-state index in [2.05, 4.69) is 5.32 Å². The van der Waals surface area contributed by atoms with Gasteiger partial charge in [0.2, 0.25) is 0 Å². The third kappa shape index (κ3) is 1.89. The molecule has 108 valence electrons. The number of imide groups is 1. The number of amides is 3. The highest BCUT2D eigenvalue weighted by atomic mass is 19.1. The molecule has 0 aliphatic carbocycles. The summed E-state index contributed by atoms with van der Waals surface area (Å²) in [6, 6.07) is 4.27. The van der Waals surface area contributed by atoms with E-state index in [-0.39, 0.29) is 11.4 Å². The number of halogens is 1. The van der Waals surface area contributed by atoms with Crippen molar-refractivity contribution in [1.29, 1.82) is 0 Å². The Hall–Kier alpha value is -2.70. The van der Waals surface area contributed by atoms with Crippen molar-refractivity contribution in [3.63, 3.8) is 0 Å². The Kier molecular flexibility index (Phi) is 2.79. The lowest BCUT2D eigenvalue weighted by molar-refractivity contribution is -0.130. The van der Waals surface area contributed by atoms with E-state index in [0.29, 0.717) is 16.8 Å². The van der Waals surface area contributed by atoms with Gasteiger partial charge in [0, 0.05) is 11.1 Å². The number of nitrogens with one attached hydrogen (secondary N) is 1. The van der Waals surface area contributed by atoms with Gasteiger partial charge < -0.3 is 10.1 Å². The SMILES string of the molecule is CC1=C(C)C(=O)N(c2ccc3c(c2)NC(=O)C(F)O3)C1=O. The van der Waals surface area contributed by atoms with E-state index >= 15 is 0 Å². The summed E-state index contributed by atoms with van der Waals surface area (Å²) in [6.07, 6.45) is -2.07. The van der Waals surface area contributed by atoms with E-state index in [1.165, 1.54) is 18.2 Å². The average molecular weight is 290 g/mol. The van der Waals surface area contributed by atoms with E-state index in [1.807, 2.05) is 0 Å². The van der Waals surface area contributed by atoms with Crippen molar-refractivity contribution in [2.75, 3.05) is 10.2 Å². The van der Waals surface area contributed by atoms with Crippen LogP contribution in [-0.2, 0) is 14.4 Å². The number of carbonyl (C=O) groups is 3. The van der Waals surface area contributed by atoms with Gasteiger partial charge >= 0.3 is 6.36 Å². The van der Waals surface area contributed by atoms with E-state index in [4.69, 9.17) is 4.74 Å². The third-order valence-corrected chi connectivity index (χ3v) is 3.53. The Morgan fingerprint density at radius 2 is 1.76 bits per heavy atom. The molecule has 2 aliphatic heterocycles. The van der Waals surface area contributed by atoms with Crippen molar-refractivity contribution in [3.8, 4) is 5.75 Å². The number of alkyl halides is 1. The number of ether oxygens (including phenoxy) is 1. The number of rotatable bonds is 1. The van der Waals surface area contributed by atoms with Crippen LogP contribution in [0.3, 0.4) is 0 Å². The molecule has 21 heavy (non-hydrogen) atoms. The Morgan fingerprint density at radius 1 is 1.14 bits per heavy atom. The van der Waals surface area contributed by atoms with E-state index in [9.17, 15) is 18.8 Å². The smallest absolute Gasteiger partial charge is 0.317 e. The highest BCUT2D eigenvalue weighted by molar-refractivity contribution is 6.32. The molecule has 0 aromatic heterocycles. The average Bonchev–Trinajstić information content (AvgIpc) is 2.64. The Morgan fingerprint density at radius 3 is 2.38 bits per heavy atom. The second kappa shape index (κ2) is 4.41. The van der Waals surface area contributed by atoms with Gasteiger partial charge in [-0.1, -0.05) is 0 Å². The molecule has 1 aromatic carbocycles. The lowest BCUT2D eigenvalue weighted by atomic mass is 10.2. The Labute approximate surface area is 119 Å². The van der Waals surface area contributed by atoms with Gasteiger partial charge in [0.15, 0.2) is 0 Å². The zero-order valence-corrected chi connectivity index (χ0v) is 11.3. The summed E-state index contributed by atoms with van der Waals surface area (Å²) in [5, 5.41) is 2.32. The van der Waals surface area contributed by atoms with Gasteiger partial charge in [-0.05, 0) is 32.0 Å². The van der Waals surface area contributed by atoms with Crippen LogP contribution in [0, 0.1) is 0 Å². The van der Waals surface area contributed by atoms with Gasteiger partial charge in [0.05, 0.1) is 11.4 Å². The van der Waals surface area contributed by atoms with Gasteiger partial charge in [0.1, 0.15) is 5.75 Å². The number of fused-ring (bicyclic) bond motifs is 1. The van der Waals surface area contributed by atoms with Crippen molar-refractivity contribution in [1.82, 2.24) is 0 Å². The van der Waals surface area contributed by atoms with Crippen LogP contribution in [0.1, 0.15) is 13.8 Å². The summed E-state index contributed by atoms with van der Waals surface area (Å²) in [6.45, 7) is 3.15. The summed E-state index contributed by atoms with van der Waals surface area (Å²) >= 11 is 0. The largest absolute Gasteiger partial charge is 0.450 e. The molecular formula is C14H11FN2O4. The molecule has 0 fully saturated rings. The van der Waals surface area contributed by atoms with Crippen molar-refractivity contribution in [3.05, 3.63) is 29.3 Å². The molecule has 3 rings (SSSR count). The van der Waals surface area contributed by atoms with Crippen LogP contribution in [0.25, 0.3) is 0 Å². The fraction of sp³-hybridized carbons (Fsp3) is 0.214. The zero-order chi connectivity index (χ0) is 15.3. The van der Waals surface area contributed by atoms with Crippen LogP contribution in [0.15, 0.2) is 29.3 Å². The van der Waals surface area contributed by atoms with Crippen LogP contribution in [0.2, 0.25) is 0 Å². The maximum Gasteiger partial charge on any atom is 0.317 e. The first-order chi connectivity index (χ1) is 9.90. The van der Waals surface area contributed by atoms with Crippen LogP contribution >= 0.6 is 0 Å². The summed E-state index contributed by atoms with van der Waals surface area (Å²) in [5.41, 5.74) is 1.26. The summed E-state index contributed by atoms with van der Waals surface area (Å²) < 4.78 is 17.9. The topological polar surface area (TPSA) is 75.7 Å². The molecule has 1 aromatic rings. The molecule has 2 aliphatic rings. The highest BCUT2D eigenvalue weighted by Gasteiger charge is 2.35. The van der Waals surface area contributed by atoms with Crippen molar-refractivity contribution in [2.45, 2.75) is 20.2 Å². The number of hydrogen-bond donors (Lipinski definition) is 1. The predicted molar refractivity (Wildman–Crippen MR) is 71.5 cm³/mol. The van der Waals surface area contributed by atoms with E-state index in [0.717, 1.165) is 4.90 Å². The van der Waals surface area contributed by atoms with Crippen LogP contribution in [0.5, 0.6) is 5.75 Å². The van der Waals surface area contributed by atoms with Gasteiger partial charge in [-0.25, -0.2) is 4.90 Å². The van der Waals surface area contributed by atoms with Crippen LogP contribution < -0.4 is 15.0 Å². The van der Waals surface area contributed by atoms with Gasteiger partial charge in [-0.2, -0.15) is 4.39 Å².